The number of halogens is 2. The van der Waals surface area contributed by atoms with Gasteiger partial charge in [-0.05, 0) is 56.2 Å². The smallest absolute Gasteiger partial charge is 0.258 e. The van der Waals surface area contributed by atoms with Crippen LogP contribution in [-0.4, -0.2) is 49.8 Å². The lowest BCUT2D eigenvalue weighted by Gasteiger charge is -2.51. The summed E-state index contributed by atoms with van der Waals surface area (Å²) in [7, 11) is 0. The molecular weight excluding hydrogens is 399 g/mol. The lowest BCUT2D eigenvalue weighted by atomic mass is 9.60. The summed E-state index contributed by atoms with van der Waals surface area (Å²) in [5.74, 6) is 0.406. The molecule has 0 aromatic heterocycles. The van der Waals surface area contributed by atoms with Crippen molar-refractivity contribution in [1.29, 1.82) is 0 Å². The minimum absolute atomic E-state index is 0.0105. The Kier molecular flexibility index (Phi) is 6.22. The first-order valence-electron chi connectivity index (χ1n) is 10.1. The number of carbonyl (C=O) groups excluding carboxylic acids is 2. The molecule has 2 bridgehead atoms. The number of rotatable bonds is 6. The van der Waals surface area contributed by atoms with Crippen LogP contribution in [0.15, 0.2) is 18.2 Å². The van der Waals surface area contributed by atoms with Crippen LogP contribution in [0, 0.1) is 17.7 Å². The van der Waals surface area contributed by atoms with Gasteiger partial charge in [0.1, 0.15) is 11.6 Å². The van der Waals surface area contributed by atoms with Crippen LogP contribution in [0.1, 0.15) is 25.7 Å². The maximum atomic E-state index is 13.5. The highest BCUT2D eigenvalue weighted by Gasteiger charge is 2.47. The van der Waals surface area contributed by atoms with E-state index in [1.54, 1.807) is 0 Å². The molecule has 4 aliphatic rings. The predicted octanol–water partition coefficient (Wildman–Crippen LogP) is 1.17. The molecule has 2 amide bonds. The molecule has 0 radical (unpaired) electrons. The maximum Gasteiger partial charge on any atom is 0.258 e. The van der Waals surface area contributed by atoms with Crippen LogP contribution >= 0.6 is 11.6 Å². The predicted molar refractivity (Wildman–Crippen MR) is 106 cm³/mol. The lowest BCUT2D eigenvalue weighted by molar-refractivity contribution is -0.127. The fraction of sp³-hybridized carbons (Fsp3) is 0.600. The fourth-order valence-corrected chi connectivity index (χ4v) is 4.60. The van der Waals surface area contributed by atoms with Gasteiger partial charge in [0.15, 0.2) is 6.61 Å². The molecule has 7 nitrogen and oxygen atoms in total. The van der Waals surface area contributed by atoms with Crippen LogP contribution in [0.2, 0.25) is 5.02 Å². The molecule has 1 aromatic rings. The Hall–Kier alpha value is -1.90. The maximum absolute atomic E-state index is 13.5. The van der Waals surface area contributed by atoms with Crippen molar-refractivity contribution in [3.63, 3.8) is 0 Å². The van der Waals surface area contributed by atoms with Gasteiger partial charge in [-0.2, -0.15) is 0 Å². The summed E-state index contributed by atoms with van der Waals surface area (Å²) >= 11 is 5.65. The highest BCUT2D eigenvalue weighted by Crippen LogP contribution is 2.45. The molecule has 158 valence electrons. The standard InChI is InChI=1S/C20H26ClFN4O3/c21-14-2-1-13(7-15(14)22)29-9-19(27)25-17-8-18(12-5-11(17)6-12)26-20(28)16-3-4-23-10-24-16/h1-2,7,11-12,16-18,23-24H,3-6,8-10H2,(H,25,27)(H,26,28). The van der Waals surface area contributed by atoms with Gasteiger partial charge >= 0.3 is 0 Å². The molecule has 1 aromatic carbocycles. The van der Waals surface area contributed by atoms with E-state index < -0.39 is 5.82 Å². The van der Waals surface area contributed by atoms with Crippen molar-refractivity contribution >= 4 is 23.4 Å². The highest BCUT2D eigenvalue weighted by atomic mass is 35.5. The van der Waals surface area contributed by atoms with Crippen LogP contribution < -0.4 is 26.0 Å². The molecule has 3 atom stereocenters. The van der Waals surface area contributed by atoms with Gasteiger partial charge in [0.25, 0.3) is 5.91 Å². The van der Waals surface area contributed by atoms with Crippen LogP contribution in [-0.2, 0) is 9.59 Å². The molecule has 9 heteroatoms. The monoisotopic (exact) mass is 424 g/mol. The Bertz CT molecular complexity index is 768. The molecular formula is C20H26ClFN4O3. The second-order valence-corrected chi connectivity index (χ2v) is 8.51. The van der Waals surface area contributed by atoms with Crippen molar-refractivity contribution in [3.05, 3.63) is 29.0 Å². The highest BCUT2D eigenvalue weighted by molar-refractivity contribution is 6.30. The number of amides is 2. The summed E-state index contributed by atoms with van der Waals surface area (Å²) in [6.45, 7) is 1.28. The lowest BCUT2D eigenvalue weighted by Crippen LogP contribution is -2.62. The number of nitrogens with one attached hydrogen (secondary N) is 4. The Morgan fingerprint density at radius 3 is 2.62 bits per heavy atom. The molecule has 0 spiro atoms. The summed E-state index contributed by atoms with van der Waals surface area (Å²) in [5.41, 5.74) is 0. The first-order valence-corrected chi connectivity index (χ1v) is 10.5. The van der Waals surface area contributed by atoms with Crippen LogP contribution in [0.3, 0.4) is 0 Å². The van der Waals surface area contributed by atoms with Gasteiger partial charge in [0.05, 0.1) is 11.1 Å². The summed E-state index contributed by atoms with van der Waals surface area (Å²) < 4.78 is 18.8. The van der Waals surface area contributed by atoms with E-state index in [1.807, 2.05) is 0 Å². The molecule has 1 heterocycles. The van der Waals surface area contributed by atoms with Gasteiger partial charge in [0.2, 0.25) is 5.91 Å². The zero-order valence-corrected chi connectivity index (χ0v) is 16.8. The number of hydrogen-bond donors (Lipinski definition) is 4. The molecule has 3 unspecified atom stereocenters. The summed E-state index contributed by atoms with van der Waals surface area (Å²) in [6, 6.07) is 4.02. The van der Waals surface area contributed by atoms with Crippen molar-refractivity contribution in [3.8, 4) is 5.75 Å². The topological polar surface area (TPSA) is 91.5 Å². The number of ether oxygens (including phenoxy) is 1. The largest absolute Gasteiger partial charge is 0.484 e. The third-order valence-electron chi connectivity index (χ3n) is 6.19. The number of hydrogen-bond acceptors (Lipinski definition) is 5. The van der Waals surface area contributed by atoms with E-state index in [4.69, 9.17) is 16.3 Å². The number of fused-ring (bicyclic) bond motifs is 2. The normalized spacial score (nSPS) is 30.8. The summed E-state index contributed by atoms with van der Waals surface area (Å²) in [6.07, 6.45) is 3.53. The van der Waals surface area contributed by atoms with E-state index in [9.17, 15) is 14.0 Å². The van der Waals surface area contributed by atoms with Gasteiger partial charge < -0.3 is 20.7 Å². The average Bonchev–Trinajstić information content (AvgIpc) is 2.68. The first-order chi connectivity index (χ1) is 14.0. The van der Waals surface area contributed by atoms with E-state index in [0.29, 0.717) is 18.5 Å². The molecule has 5 rings (SSSR count). The third kappa shape index (κ3) is 4.82. The second-order valence-electron chi connectivity index (χ2n) is 8.10. The molecule has 1 saturated heterocycles. The third-order valence-corrected chi connectivity index (χ3v) is 6.50. The van der Waals surface area contributed by atoms with Gasteiger partial charge in [-0.3, -0.25) is 14.9 Å². The minimum atomic E-state index is -0.584. The molecule has 4 fully saturated rings. The fourth-order valence-electron chi connectivity index (χ4n) is 4.48. The average molecular weight is 425 g/mol. The zero-order valence-electron chi connectivity index (χ0n) is 16.0. The Morgan fingerprint density at radius 2 is 1.93 bits per heavy atom. The first kappa shape index (κ1) is 20.4. The molecule has 3 aliphatic carbocycles. The summed E-state index contributed by atoms with van der Waals surface area (Å²) in [5, 5.41) is 12.6. The number of carbonyl (C=O) groups is 2. The van der Waals surface area contributed by atoms with Crippen molar-refractivity contribution < 1.29 is 18.7 Å². The van der Waals surface area contributed by atoms with Crippen molar-refractivity contribution in [2.24, 2.45) is 11.8 Å². The Morgan fingerprint density at radius 1 is 1.17 bits per heavy atom. The molecule has 4 N–H and O–H groups in total. The molecule has 29 heavy (non-hydrogen) atoms. The zero-order chi connectivity index (χ0) is 20.4. The van der Waals surface area contributed by atoms with Gasteiger partial charge in [0, 0.05) is 24.8 Å². The second kappa shape index (κ2) is 8.85. The van der Waals surface area contributed by atoms with E-state index in [0.717, 1.165) is 38.3 Å². The Balaban J connectivity index is 1.25. The Labute approximate surface area is 174 Å². The van der Waals surface area contributed by atoms with Gasteiger partial charge in [-0.1, -0.05) is 11.6 Å². The SMILES string of the molecule is O=C(COc1ccc(Cl)c(F)c1)NC1CC(NC(=O)C2CCNCN2)C2CC1C2. The minimum Gasteiger partial charge on any atom is -0.484 e. The van der Waals surface area contributed by atoms with Crippen LogP contribution in [0.5, 0.6) is 5.75 Å². The van der Waals surface area contributed by atoms with Crippen molar-refractivity contribution in [2.75, 3.05) is 19.8 Å². The van der Waals surface area contributed by atoms with E-state index >= 15 is 0 Å². The molecule has 3 saturated carbocycles. The quantitative estimate of drug-likeness (QED) is 0.550. The van der Waals surface area contributed by atoms with E-state index in [-0.39, 0.29) is 47.3 Å². The van der Waals surface area contributed by atoms with Crippen LogP contribution in [0.4, 0.5) is 4.39 Å². The number of benzene rings is 1. The van der Waals surface area contributed by atoms with E-state index in [1.165, 1.54) is 12.1 Å². The van der Waals surface area contributed by atoms with Gasteiger partial charge in [-0.25, -0.2) is 4.39 Å². The van der Waals surface area contributed by atoms with Gasteiger partial charge in [-0.15, -0.1) is 0 Å². The molecule has 1 aliphatic heterocycles. The summed E-state index contributed by atoms with van der Waals surface area (Å²) in [4.78, 5) is 24.8. The van der Waals surface area contributed by atoms with E-state index in [2.05, 4.69) is 21.3 Å². The van der Waals surface area contributed by atoms with Crippen molar-refractivity contribution in [2.45, 2.75) is 43.8 Å². The van der Waals surface area contributed by atoms with Crippen molar-refractivity contribution in [1.82, 2.24) is 21.3 Å². The van der Waals surface area contributed by atoms with Crippen LogP contribution in [0.25, 0.3) is 0 Å².